The van der Waals surface area contributed by atoms with Crippen LogP contribution in [0.15, 0.2) is 0 Å². The first kappa shape index (κ1) is 11.2. The Hall–Kier alpha value is 0.150. The highest BCUT2D eigenvalue weighted by Gasteiger charge is 2.18. The van der Waals surface area contributed by atoms with Gasteiger partial charge in [0.2, 0.25) is 0 Å². The zero-order valence-electron chi connectivity index (χ0n) is 8.76. The lowest BCUT2D eigenvalue weighted by Crippen LogP contribution is -2.20. The Balaban J connectivity index is 2.13. The molecule has 0 radical (unpaired) electrons. The molecule has 1 rings (SSSR count). The van der Waals surface area contributed by atoms with E-state index >= 15 is 0 Å². The van der Waals surface area contributed by atoms with Gasteiger partial charge in [0, 0.05) is 21.8 Å². The monoisotopic (exact) mass is 202 g/mol. The third kappa shape index (κ3) is 4.26. The number of hydrogen-bond donors (Lipinski definition) is 0. The fraction of sp³-hybridized carbons (Fsp3) is 1.00. The molecule has 0 aromatic rings. The van der Waals surface area contributed by atoms with Gasteiger partial charge in [-0.25, -0.2) is 0 Å². The van der Waals surface area contributed by atoms with Crippen LogP contribution in [0.3, 0.4) is 0 Å². The van der Waals surface area contributed by atoms with Gasteiger partial charge < -0.3 is 0 Å². The highest BCUT2D eigenvalue weighted by molar-refractivity contribution is 7.85. The maximum Gasteiger partial charge on any atom is 0.0348 e. The van der Waals surface area contributed by atoms with Crippen molar-refractivity contribution in [2.24, 2.45) is 0 Å². The highest BCUT2D eigenvalue weighted by atomic mass is 32.2. The van der Waals surface area contributed by atoms with E-state index in [4.69, 9.17) is 0 Å². The summed E-state index contributed by atoms with van der Waals surface area (Å²) in [4.78, 5) is 0. The fourth-order valence-corrected chi connectivity index (χ4v) is 3.67. The van der Waals surface area contributed by atoms with Crippen LogP contribution in [-0.2, 0) is 10.8 Å². The summed E-state index contributed by atoms with van der Waals surface area (Å²) >= 11 is 0. The number of rotatable bonds is 5. The van der Waals surface area contributed by atoms with Crippen LogP contribution in [-0.4, -0.2) is 15.2 Å². The molecule has 0 amide bonds. The van der Waals surface area contributed by atoms with Crippen LogP contribution in [0.1, 0.15) is 58.3 Å². The summed E-state index contributed by atoms with van der Waals surface area (Å²) in [5, 5.41) is 0.547. The molecule has 1 aliphatic carbocycles. The third-order valence-electron chi connectivity index (χ3n) is 2.87. The summed E-state index contributed by atoms with van der Waals surface area (Å²) in [6.45, 7) is 2.20. The second-order valence-electron chi connectivity index (χ2n) is 4.05. The average Bonchev–Trinajstić information content (AvgIpc) is 2.19. The summed E-state index contributed by atoms with van der Waals surface area (Å²) in [6, 6.07) is 0. The zero-order chi connectivity index (χ0) is 9.52. The SMILES string of the molecule is CCCCC[S@](=O)C1CCCCC1. The predicted molar refractivity (Wildman–Crippen MR) is 59.4 cm³/mol. The first-order chi connectivity index (χ1) is 6.34. The van der Waals surface area contributed by atoms with Crippen LogP contribution in [0.25, 0.3) is 0 Å². The van der Waals surface area contributed by atoms with Crippen LogP contribution in [0, 0.1) is 0 Å². The smallest absolute Gasteiger partial charge is 0.0348 e. The van der Waals surface area contributed by atoms with Gasteiger partial charge in [-0.3, -0.25) is 4.21 Å². The highest BCUT2D eigenvalue weighted by Crippen LogP contribution is 2.22. The Morgan fingerprint density at radius 3 is 2.46 bits per heavy atom. The van der Waals surface area contributed by atoms with E-state index in [1.807, 2.05) is 0 Å². The van der Waals surface area contributed by atoms with E-state index in [0.29, 0.717) is 5.25 Å². The van der Waals surface area contributed by atoms with Crippen LogP contribution in [0.5, 0.6) is 0 Å². The molecule has 1 nitrogen and oxygen atoms in total. The minimum Gasteiger partial charge on any atom is -0.259 e. The summed E-state index contributed by atoms with van der Waals surface area (Å²) in [7, 11) is -0.508. The number of hydrogen-bond acceptors (Lipinski definition) is 1. The molecular weight excluding hydrogens is 180 g/mol. The quantitative estimate of drug-likeness (QED) is 0.625. The molecule has 0 aliphatic heterocycles. The Morgan fingerprint density at radius 2 is 1.85 bits per heavy atom. The van der Waals surface area contributed by atoms with Gasteiger partial charge in [0.25, 0.3) is 0 Å². The van der Waals surface area contributed by atoms with Crippen molar-refractivity contribution in [2.75, 3.05) is 5.75 Å². The second-order valence-corrected chi connectivity index (χ2v) is 5.89. The maximum absolute atomic E-state index is 11.8. The molecule has 0 aromatic heterocycles. The Kier molecular flexibility index (Phi) is 5.68. The molecule has 0 N–H and O–H groups in total. The Morgan fingerprint density at radius 1 is 1.15 bits per heavy atom. The molecule has 0 spiro atoms. The summed E-state index contributed by atoms with van der Waals surface area (Å²) in [6.07, 6.45) is 10.1. The first-order valence-corrected chi connectivity index (χ1v) is 7.10. The number of unbranched alkanes of at least 4 members (excludes halogenated alkanes) is 2. The zero-order valence-corrected chi connectivity index (χ0v) is 9.57. The minimum atomic E-state index is -0.508. The molecular formula is C11H22OS. The van der Waals surface area contributed by atoms with E-state index in [-0.39, 0.29) is 0 Å². The standard InChI is InChI=1S/C11H22OS/c1-2-3-7-10-13(12)11-8-5-4-6-9-11/h11H,2-10H2,1H3/t13-/m0/s1. The molecule has 1 atom stereocenters. The Labute approximate surface area is 84.8 Å². The van der Waals surface area contributed by atoms with Crippen molar-refractivity contribution in [3.63, 3.8) is 0 Å². The van der Waals surface area contributed by atoms with Gasteiger partial charge in [-0.1, -0.05) is 39.0 Å². The second kappa shape index (κ2) is 6.58. The minimum absolute atomic E-state index is 0.508. The lowest BCUT2D eigenvalue weighted by Gasteiger charge is -2.20. The fourth-order valence-electron chi connectivity index (χ4n) is 1.99. The van der Waals surface area contributed by atoms with E-state index in [1.165, 1.54) is 51.4 Å². The van der Waals surface area contributed by atoms with Gasteiger partial charge in [-0.2, -0.15) is 0 Å². The summed E-state index contributed by atoms with van der Waals surface area (Å²) in [5.74, 6) is 0.957. The van der Waals surface area contributed by atoms with Crippen molar-refractivity contribution in [3.05, 3.63) is 0 Å². The first-order valence-electron chi connectivity index (χ1n) is 5.71. The van der Waals surface area contributed by atoms with E-state index < -0.39 is 10.8 Å². The van der Waals surface area contributed by atoms with Crippen molar-refractivity contribution in [1.82, 2.24) is 0 Å². The summed E-state index contributed by atoms with van der Waals surface area (Å²) < 4.78 is 11.8. The predicted octanol–water partition coefficient (Wildman–Crippen LogP) is 3.26. The van der Waals surface area contributed by atoms with Crippen molar-refractivity contribution < 1.29 is 4.21 Å². The third-order valence-corrected chi connectivity index (χ3v) is 4.78. The molecule has 0 unspecified atom stereocenters. The van der Waals surface area contributed by atoms with Crippen molar-refractivity contribution in [2.45, 2.75) is 63.5 Å². The molecule has 13 heavy (non-hydrogen) atoms. The van der Waals surface area contributed by atoms with Crippen LogP contribution < -0.4 is 0 Å². The van der Waals surface area contributed by atoms with Crippen LogP contribution in [0.4, 0.5) is 0 Å². The molecule has 0 aromatic carbocycles. The van der Waals surface area contributed by atoms with Crippen LogP contribution >= 0.6 is 0 Å². The summed E-state index contributed by atoms with van der Waals surface area (Å²) in [5.41, 5.74) is 0. The molecule has 1 fully saturated rings. The molecule has 0 heterocycles. The van der Waals surface area contributed by atoms with E-state index in [9.17, 15) is 4.21 Å². The average molecular weight is 202 g/mol. The van der Waals surface area contributed by atoms with Gasteiger partial charge in [-0.15, -0.1) is 0 Å². The van der Waals surface area contributed by atoms with Crippen LogP contribution in [0.2, 0.25) is 0 Å². The van der Waals surface area contributed by atoms with Gasteiger partial charge in [0.15, 0.2) is 0 Å². The van der Waals surface area contributed by atoms with Gasteiger partial charge in [0.1, 0.15) is 0 Å². The van der Waals surface area contributed by atoms with E-state index in [0.717, 1.165) is 5.75 Å². The molecule has 0 bridgehead atoms. The topological polar surface area (TPSA) is 17.1 Å². The molecule has 2 heteroatoms. The van der Waals surface area contributed by atoms with E-state index in [2.05, 4.69) is 6.92 Å². The largest absolute Gasteiger partial charge is 0.259 e. The molecule has 0 saturated heterocycles. The van der Waals surface area contributed by atoms with Crippen molar-refractivity contribution >= 4 is 10.8 Å². The molecule has 78 valence electrons. The lowest BCUT2D eigenvalue weighted by molar-refractivity contribution is 0.504. The van der Waals surface area contributed by atoms with Gasteiger partial charge >= 0.3 is 0 Å². The molecule has 1 saturated carbocycles. The lowest BCUT2D eigenvalue weighted by atomic mass is 10.0. The van der Waals surface area contributed by atoms with Gasteiger partial charge in [0.05, 0.1) is 0 Å². The van der Waals surface area contributed by atoms with E-state index in [1.54, 1.807) is 0 Å². The maximum atomic E-state index is 11.8. The Bertz CT molecular complexity index is 150. The van der Waals surface area contributed by atoms with Crippen molar-refractivity contribution in [1.29, 1.82) is 0 Å². The van der Waals surface area contributed by atoms with Crippen molar-refractivity contribution in [3.8, 4) is 0 Å². The normalized spacial score (nSPS) is 21.6. The van der Waals surface area contributed by atoms with Gasteiger partial charge in [-0.05, 0) is 19.3 Å². The molecule has 1 aliphatic rings.